The third-order valence-electron chi connectivity index (χ3n) is 2.52. The summed E-state index contributed by atoms with van der Waals surface area (Å²) >= 11 is 1.23. The molecule has 98 valence electrons. The Balaban J connectivity index is 2.61. The Kier molecular flexibility index (Phi) is 4.01. The molecule has 0 unspecified atom stereocenters. The van der Waals surface area contributed by atoms with Gasteiger partial charge >= 0.3 is 5.97 Å². The van der Waals surface area contributed by atoms with Gasteiger partial charge in [0.1, 0.15) is 10.9 Å². The molecule has 1 aromatic heterocycles. The number of ether oxygens (including phenoxy) is 1. The minimum absolute atomic E-state index is 0.0605. The molecule has 1 heterocycles. The molecule has 0 aliphatic rings. The molecule has 0 saturated heterocycles. The van der Waals surface area contributed by atoms with Gasteiger partial charge in [-0.1, -0.05) is 30.3 Å². The van der Waals surface area contributed by atoms with Gasteiger partial charge in [-0.25, -0.2) is 9.78 Å². The summed E-state index contributed by atoms with van der Waals surface area (Å²) in [5.74, 6) is -0.250. The van der Waals surface area contributed by atoms with Gasteiger partial charge in [-0.2, -0.15) is 0 Å². The third kappa shape index (κ3) is 2.68. The molecule has 0 atom stereocenters. The van der Waals surface area contributed by atoms with Gasteiger partial charge in [0.05, 0.1) is 7.11 Å². The molecule has 5 nitrogen and oxygen atoms in total. The van der Waals surface area contributed by atoms with Crippen LogP contribution in [0.2, 0.25) is 0 Å². The van der Waals surface area contributed by atoms with E-state index in [0.717, 1.165) is 5.56 Å². The molecular weight excluding hydrogens is 264 g/mol. The number of methoxy groups -OCH3 is 1. The topological polar surface area (TPSA) is 72.0 Å². The summed E-state index contributed by atoms with van der Waals surface area (Å²) in [6.07, 6.45) is 1.75. The molecule has 0 radical (unpaired) electrons. The molecule has 6 heteroatoms. The first-order valence-electron chi connectivity index (χ1n) is 5.49. The number of rotatable bonds is 3. The molecule has 0 spiro atoms. The molecule has 19 heavy (non-hydrogen) atoms. The summed E-state index contributed by atoms with van der Waals surface area (Å²) in [7, 11) is 1.23. The standard InChI is InChI=1S/C13H12N2O3S/c1-18-13(17)9-11(16)14-10(15-12(9)19-2)8-6-4-3-5-7-8/h3-7H,1-2H3,(H,14,15,16). The molecular formula is C13H12N2O3S. The summed E-state index contributed by atoms with van der Waals surface area (Å²) in [5, 5.41) is 0.356. The molecule has 0 saturated carbocycles. The molecule has 1 N–H and O–H groups in total. The van der Waals surface area contributed by atoms with Crippen molar-refractivity contribution in [2.24, 2.45) is 0 Å². The molecule has 1 aromatic carbocycles. The quantitative estimate of drug-likeness (QED) is 0.527. The van der Waals surface area contributed by atoms with Crippen LogP contribution in [0.25, 0.3) is 11.4 Å². The number of benzene rings is 1. The molecule has 0 fully saturated rings. The Labute approximate surface area is 114 Å². The number of hydrogen-bond acceptors (Lipinski definition) is 5. The number of carbonyl (C=O) groups is 1. The zero-order chi connectivity index (χ0) is 13.8. The number of hydrogen-bond donors (Lipinski definition) is 1. The summed E-state index contributed by atoms with van der Waals surface area (Å²) in [6, 6.07) is 9.24. The number of nitrogens with zero attached hydrogens (tertiary/aromatic N) is 1. The number of aromatic nitrogens is 2. The maximum absolute atomic E-state index is 12.0. The highest BCUT2D eigenvalue weighted by Gasteiger charge is 2.19. The van der Waals surface area contributed by atoms with Gasteiger partial charge in [-0.15, -0.1) is 11.8 Å². The normalized spacial score (nSPS) is 10.2. The van der Waals surface area contributed by atoms with Crippen LogP contribution in [0, 0.1) is 0 Å². The molecule has 2 rings (SSSR count). The van der Waals surface area contributed by atoms with E-state index in [1.54, 1.807) is 6.26 Å². The van der Waals surface area contributed by atoms with Gasteiger partial charge in [0.2, 0.25) is 0 Å². The molecule has 0 bridgehead atoms. The Morgan fingerprint density at radius 3 is 2.58 bits per heavy atom. The van der Waals surface area contributed by atoms with Crippen LogP contribution in [0.5, 0.6) is 0 Å². The van der Waals surface area contributed by atoms with Gasteiger partial charge < -0.3 is 9.72 Å². The van der Waals surface area contributed by atoms with E-state index in [0.29, 0.717) is 10.9 Å². The van der Waals surface area contributed by atoms with Gasteiger partial charge in [0.25, 0.3) is 5.56 Å². The lowest BCUT2D eigenvalue weighted by Gasteiger charge is -2.07. The van der Waals surface area contributed by atoms with E-state index < -0.39 is 11.5 Å². The SMILES string of the molecule is COC(=O)c1c(SC)nc(-c2ccccc2)[nH]c1=O. The predicted molar refractivity (Wildman–Crippen MR) is 73.4 cm³/mol. The van der Waals surface area contributed by atoms with E-state index in [2.05, 4.69) is 14.7 Å². The van der Waals surface area contributed by atoms with Crippen LogP contribution in [0.4, 0.5) is 0 Å². The van der Waals surface area contributed by atoms with E-state index in [9.17, 15) is 9.59 Å². The fraction of sp³-hybridized carbons (Fsp3) is 0.154. The fourth-order valence-corrected chi connectivity index (χ4v) is 2.18. The van der Waals surface area contributed by atoms with Gasteiger partial charge in [-0.05, 0) is 6.26 Å². The highest BCUT2D eigenvalue weighted by molar-refractivity contribution is 7.98. The number of H-pyrrole nitrogens is 1. The maximum atomic E-state index is 12.0. The van der Waals surface area contributed by atoms with Crippen LogP contribution in [0.3, 0.4) is 0 Å². The van der Waals surface area contributed by atoms with Gasteiger partial charge in [0, 0.05) is 5.56 Å². The van der Waals surface area contributed by atoms with E-state index in [1.165, 1.54) is 18.9 Å². The zero-order valence-corrected chi connectivity index (χ0v) is 11.3. The summed E-state index contributed by atoms with van der Waals surface area (Å²) in [4.78, 5) is 30.4. The lowest BCUT2D eigenvalue weighted by atomic mass is 10.2. The zero-order valence-electron chi connectivity index (χ0n) is 10.5. The lowest BCUT2D eigenvalue weighted by molar-refractivity contribution is 0.0593. The van der Waals surface area contributed by atoms with Crippen LogP contribution in [-0.4, -0.2) is 29.3 Å². The van der Waals surface area contributed by atoms with Crippen molar-refractivity contribution in [3.05, 3.63) is 46.2 Å². The van der Waals surface area contributed by atoms with Crippen LogP contribution < -0.4 is 5.56 Å². The third-order valence-corrected chi connectivity index (χ3v) is 3.20. The van der Waals surface area contributed by atoms with Crippen LogP contribution in [0.1, 0.15) is 10.4 Å². The lowest BCUT2D eigenvalue weighted by Crippen LogP contribution is -2.22. The van der Waals surface area contributed by atoms with Crippen molar-refractivity contribution in [3.8, 4) is 11.4 Å². The molecule has 0 aliphatic heterocycles. The van der Waals surface area contributed by atoms with Crippen molar-refractivity contribution in [2.75, 3.05) is 13.4 Å². The Bertz CT molecular complexity index is 653. The number of esters is 1. The van der Waals surface area contributed by atoms with Crippen molar-refractivity contribution in [1.82, 2.24) is 9.97 Å². The second kappa shape index (κ2) is 5.71. The maximum Gasteiger partial charge on any atom is 0.346 e. The fourth-order valence-electron chi connectivity index (χ4n) is 1.62. The largest absolute Gasteiger partial charge is 0.465 e. The Hall–Kier alpha value is -2.08. The number of thioether (sulfide) groups is 1. The van der Waals surface area contributed by atoms with Crippen molar-refractivity contribution in [1.29, 1.82) is 0 Å². The minimum Gasteiger partial charge on any atom is -0.465 e. The van der Waals surface area contributed by atoms with E-state index >= 15 is 0 Å². The van der Waals surface area contributed by atoms with E-state index in [-0.39, 0.29) is 5.56 Å². The van der Waals surface area contributed by atoms with Crippen molar-refractivity contribution in [3.63, 3.8) is 0 Å². The number of aromatic amines is 1. The van der Waals surface area contributed by atoms with Crippen molar-refractivity contribution >= 4 is 17.7 Å². The van der Waals surface area contributed by atoms with Gasteiger partial charge in [-0.3, -0.25) is 4.79 Å². The number of carbonyl (C=O) groups excluding carboxylic acids is 1. The average molecular weight is 276 g/mol. The summed E-state index contributed by atoms with van der Waals surface area (Å²) in [5.41, 5.74) is 0.228. The highest BCUT2D eigenvalue weighted by atomic mass is 32.2. The first-order valence-corrected chi connectivity index (χ1v) is 6.72. The van der Waals surface area contributed by atoms with Crippen molar-refractivity contribution in [2.45, 2.75) is 5.03 Å². The van der Waals surface area contributed by atoms with E-state index in [4.69, 9.17) is 0 Å². The van der Waals surface area contributed by atoms with Crippen LogP contribution in [0.15, 0.2) is 40.2 Å². The smallest absolute Gasteiger partial charge is 0.346 e. The highest BCUT2D eigenvalue weighted by Crippen LogP contribution is 2.20. The summed E-state index contributed by atoms with van der Waals surface area (Å²) < 4.78 is 4.59. The molecule has 0 aliphatic carbocycles. The second-order valence-electron chi connectivity index (χ2n) is 3.66. The minimum atomic E-state index is -0.683. The first kappa shape index (κ1) is 13.4. The first-order chi connectivity index (χ1) is 9.17. The Morgan fingerprint density at radius 1 is 1.32 bits per heavy atom. The number of nitrogens with one attached hydrogen (secondary N) is 1. The predicted octanol–water partition coefficient (Wildman–Crippen LogP) is 1.95. The van der Waals surface area contributed by atoms with Gasteiger partial charge in [0.15, 0.2) is 5.56 Å². The molecule has 2 aromatic rings. The summed E-state index contributed by atoms with van der Waals surface area (Å²) in [6.45, 7) is 0. The monoisotopic (exact) mass is 276 g/mol. The van der Waals surface area contributed by atoms with Crippen LogP contribution in [-0.2, 0) is 4.74 Å². The average Bonchev–Trinajstić information content (AvgIpc) is 2.46. The van der Waals surface area contributed by atoms with Crippen LogP contribution >= 0.6 is 11.8 Å². The van der Waals surface area contributed by atoms with Crippen molar-refractivity contribution < 1.29 is 9.53 Å². The second-order valence-corrected chi connectivity index (χ2v) is 4.45. The Morgan fingerprint density at radius 2 is 2.00 bits per heavy atom. The van der Waals surface area contributed by atoms with E-state index in [1.807, 2.05) is 30.3 Å². The molecule has 0 amide bonds.